The molecule has 2 aliphatic rings. The number of carbonyl (C=O) groups is 1. The second kappa shape index (κ2) is 7.03. The van der Waals surface area contributed by atoms with Gasteiger partial charge in [0.05, 0.1) is 12.0 Å². The molecule has 1 aromatic carbocycles. The van der Waals surface area contributed by atoms with Crippen LogP contribution in [0.15, 0.2) is 30.3 Å². The van der Waals surface area contributed by atoms with Gasteiger partial charge in [-0.15, -0.1) is 24.2 Å². The van der Waals surface area contributed by atoms with Gasteiger partial charge in [0.25, 0.3) is 0 Å². The summed E-state index contributed by atoms with van der Waals surface area (Å²) in [7, 11) is 1.46. The van der Waals surface area contributed by atoms with Gasteiger partial charge in [-0.1, -0.05) is 30.3 Å². The van der Waals surface area contributed by atoms with E-state index in [2.05, 4.69) is 35.6 Å². The van der Waals surface area contributed by atoms with Crippen molar-refractivity contribution in [1.29, 1.82) is 0 Å². The van der Waals surface area contributed by atoms with Gasteiger partial charge in [0.15, 0.2) is 0 Å². The van der Waals surface area contributed by atoms with E-state index in [1.54, 1.807) is 0 Å². The number of hydrogen-bond donors (Lipinski definition) is 1. The van der Waals surface area contributed by atoms with E-state index >= 15 is 0 Å². The highest BCUT2D eigenvalue weighted by atomic mass is 35.5. The quantitative estimate of drug-likeness (QED) is 0.845. The first kappa shape index (κ1) is 16.7. The second-order valence-corrected chi connectivity index (χ2v) is 7.11. The third-order valence-corrected chi connectivity index (χ3v) is 6.09. The molecule has 1 aliphatic heterocycles. The molecule has 1 saturated carbocycles. The summed E-state index contributed by atoms with van der Waals surface area (Å²) in [6.07, 6.45) is 4.64. The summed E-state index contributed by atoms with van der Waals surface area (Å²) < 4.78 is 4.84. The summed E-state index contributed by atoms with van der Waals surface area (Å²) in [6, 6.07) is 10.6. The van der Waals surface area contributed by atoms with Gasteiger partial charge < -0.3 is 4.74 Å². The van der Waals surface area contributed by atoms with Crippen LogP contribution in [0.1, 0.15) is 37.2 Å². The molecule has 1 spiro atoms. The molecule has 0 aromatic heterocycles. The Balaban J connectivity index is 0.00000161. The monoisotopic (exact) mass is 327 g/mol. The Labute approximate surface area is 136 Å². The predicted octanol–water partition coefficient (Wildman–Crippen LogP) is 3.34. The Bertz CT molecular complexity index is 474. The number of nitrogens with one attached hydrogen (secondary N) is 1. The van der Waals surface area contributed by atoms with E-state index in [4.69, 9.17) is 4.74 Å². The smallest absolute Gasteiger partial charge is 0.323 e. The minimum atomic E-state index is -0.127. The van der Waals surface area contributed by atoms with Gasteiger partial charge in [0, 0.05) is 5.75 Å². The van der Waals surface area contributed by atoms with Crippen LogP contribution in [-0.2, 0) is 9.53 Å². The molecule has 3 rings (SSSR count). The number of hydrogen-bond acceptors (Lipinski definition) is 4. The lowest BCUT2D eigenvalue weighted by atomic mass is 9.81. The maximum absolute atomic E-state index is 11.6. The van der Waals surface area contributed by atoms with Crippen LogP contribution in [-0.4, -0.2) is 29.7 Å². The molecule has 1 N–H and O–H groups in total. The molecule has 1 atom stereocenters. The Morgan fingerprint density at radius 2 is 1.95 bits per heavy atom. The minimum Gasteiger partial charge on any atom is -0.468 e. The predicted molar refractivity (Wildman–Crippen MR) is 89.0 cm³/mol. The summed E-state index contributed by atoms with van der Waals surface area (Å²) in [5, 5.41) is 3.52. The van der Waals surface area contributed by atoms with Crippen molar-refractivity contribution in [1.82, 2.24) is 5.32 Å². The fraction of sp³-hybridized carbons (Fsp3) is 0.562. The Hall–Kier alpha value is -0.710. The summed E-state index contributed by atoms with van der Waals surface area (Å²) in [5.74, 6) is 1.38. The average molecular weight is 328 g/mol. The Kier molecular flexibility index (Phi) is 5.58. The van der Waals surface area contributed by atoms with E-state index in [9.17, 15) is 4.79 Å². The first-order valence-electron chi connectivity index (χ1n) is 7.27. The van der Waals surface area contributed by atoms with E-state index in [1.807, 2.05) is 11.8 Å². The fourth-order valence-corrected chi connectivity index (χ4v) is 4.80. The second-order valence-electron chi connectivity index (χ2n) is 5.71. The lowest BCUT2D eigenvalue weighted by molar-refractivity contribution is -0.142. The maximum Gasteiger partial charge on any atom is 0.323 e. The van der Waals surface area contributed by atoms with Crippen molar-refractivity contribution in [3.05, 3.63) is 35.9 Å². The Morgan fingerprint density at radius 3 is 2.57 bits per heavy atom. The highest BCUT2D eigenvalue weighted by molar-refractivity contribution is 8.00. The third-order valence-electron chi connectivity index (χ3n) is 4.51. The molecule has 0 amide bonds. The molecule has 1 heterocycles. The molecule has 3 nitrogen and oxygen atoms in total. The largest absolute Gasteiger partial charge is 0.468 e. The first-order valence-corrected chi connectivity index (χ1v) is 8.25. The number of carbonyl (C=O) groups excluding carboxylic acids is 1. The molecule has 116 valence electrons. The lowest BCUT2D eigenvalue weighted by Crippen LogP contribution is -2.47. The van der Waals surface area contributed by atoms with E-state index in [-0.39, 0.29) is 29.3 Å². The summed E-state index contributed by atoms with van der Waals surface area (Å²) >= 11 is 1.90. The molecule has 1 aliphatic carbocycles. The number of esters is 1. The zero-order valence-corrected chi connectivity index (χ0v) is 13.8. The zero-order chi connectivity index (χ0) is 14.0. The van der Waals surface area contributed by atoms with Gasteiger partial charge >= 0.3 is 5.97 Å². The van der Waals surface area contributed by atoms with Crippen LogP contribution < -0.4 is 5.32 Å². The maximum atomic E-state index is 11.6. The molecule has 5 heteroatoms. The molecule has 1 saturated heterocycles. The molecule has 0 radical (unpaired) electrons. The van der Waals surface area contributed by atoms with Gasteiger partial charge in [0.2, 0.25) is 0 Å². The fourth-order valence-electron chi connectivity index (χ4n) is 3.34. The Morgan fingerprint density at radius 1 is 1.29 bits per heavy atom. The number of halogens is 1. The number of ether oxygens (including phenoxy) is 1. The standard InChI is InChI=1S/C16H21NO2S.ClH/c1-19-15(18)14-11-20-16(17-14)9-7-13(8-10-16)12-5-3-2-4-6-12;/h2-6,13-14,17H,7-11H2,1H3;1H. The van der Waals surface area contributed by atoms with E-state index < -0.39 is 0 Å². The van der Waals surface area contributed by atoms with Crippen molar-refractivity contribution < 1.29 is 9.53 Å². The first-order chi connectivity index (χ1) is 9.72. The van der Waals surface area contributed by atoms with Crippen LogP contribution in [0.25, 0.3) is 0 Å². The van der Waals surface area contributed by atoms with Crippen molar-refractivity contribution in [3.8, 4) is 0 Å². The van der Waals surface area contributed by atoms with E-state index in [1.165, 1.54) is 25.5 Å². The summed E-state index contributed by atoms with van der Waals surface area (Å²) in [5.41, 5.74) is 1.45. The lowest BCUT2D eigenvalue weighted by Gasteiger charge is -2.37. The molecule has 1 unspecified atom stereocenters. The topological polar surface area (TPSA) is 38.3 Å². The molecular weight excluding hydrogens is 306 g/mol. The van der Waals surface area contributed by atoms with Crippen molar-refractivity contribution in [2.75, 3.05) is 12.9 Å². The summed E-state index contributed by atoms with van der Waals surface area (Å²) in [4.78, 5) is 11.7. The van der Waals surface area contributed by atoms with Crippen LogP contribution in [0.4, 0.5) is 0 Å². The SMILES string of the molecule is COC(=O)C1CSC2(CCC(c3ccccc3)CC2)N1.Cl. The number of rotatable bonds is 2. The highest BCUT2D eigenvalue weighted by Gasteiger charge is 2.44. The number of methoxy groups -OCH3 is 1. The van der Waals surface area contributed by atoms with Crippen LogP contribution in [0, 0.1) is 0 Å². The molecule has 0 bridgehead atoms. The zero-order valence-electron chi connectivity index (χ0n) is 12.2. The van der Waals surface area contributed by atoms with Gasteiger partial charge in [-0.05, 0) is 37.2 Å². The molecule has 2 fully saturated rings. The van der Waals surface area contributed by atoms with Gasteiger partial charge in [-0.2, -0.15) is 0 Å². The number of benzene rings is 1. The summed E-state index contributed by atoms with van der Waals surface area (Å²) in [6.45, 7) is 0. The van der Waals surface area contributed by atoms with Crippen molar-refractivity contribution >= 4 is 30.1 Å². The minimum absolute atomic E-state index is 0. The molecule has 21 heavy (non-hydrogen) atoms. The molecular formula is C16H22ClNO2S. The van der Waals surface area contributed by atoms with Crippen LogP contribution in [0.5, 0.6) is 0 Å². The van der Waals surface area contributed by atoms with E-state index in [0.717, 1.165) is 18.6 Å². The molecule has 1 aromatic rings. The van der Waals surface area contributed by atoms with Crippen LogP contribution in [0.3, 0.4) is 0 Å². The van der Waals surface area contributed by atoms with Crippen molar-refractivity contribution in [3.63, 3.8) is 0 Å². The van der Waals surface area contributed by atoms with Crippen LogP contribution >= 0.6 is 24.2 Å². The van der Waals surface area contributed by atoms with Crippen molar-refractivity contribution in [2.24, 2.45) is 0 Å². The normalized spacial score (nSPS) is 31.7. The van der Waals surface area contributed by atoms with E-state index in [0.29, 0.717) is 5.92 Å². The third kappa shape index (κ3) is 3.55. The number of thioether (sulfide) groups is 1. The average Bonchev–Trinajstić information content (AvgIpc) is 2.92. The van der Waals surface area contributed by atoms with Gasteiger partial charge in [-0.25, -0.2) is 0 Å². The van der Waals surface area contributed by atoms with Gasteiger partial charge in [0.1, 0.15) is 6.04 Å². The van der Waals surface area contributed by atoms with Crippen molar-refractivity contribution in [2.45, 2.75) is 42.5 Å². The highest BCUT2D eigenvalue weighted by Crippen LogP contribution is 2.46. The van der Waals surface area contributed by atoms with Crippen LogP contribution in [0.2, 0.25) is 0 Å². The van der Waals surface area contributed by atoms with Gasteiger partial charge in [-0.3, -0.25) is 10.1 Å².